The molecule has 2 saturated heterocycles. The quantitative estimate of drug-likeness (QED) is 0.302. The number of phenols is 1. The molecule has 5 aliphatic rings. The van der Waals surface area contributed by atoms with Crippen LogP contribution >= 0.6 is 34.8 Å². The first-order chi connectivity index (χ1) is 19.5. The van der Waals surface area contributed by atoms with E-state index in [1.165, 1.54) is 24.3 Å². The minimum Gasteiger partial charge on any atom is -0.508 e. The first kappa shape index (κ1) is 26.6. The lowest BCUT2D eigenvalue weighted by molar-refractivity contribution is -0.138. The van der Waals surface area contributed by atoms with Crippen LogP contribution in [0.5, 0.6) is 11.5 Å². The maximum Gasteiger partial charge on any atom is 0.253 e. The fourth-order valence-corrected chi connectivity index (χ4v) is 8.56. The molecule has 210 valence electrons. The van der Waals surface area contributed by atoms with Gasteiger partial charge in [-0.2, -0.15) is 0 Å². The molecule has 3 fully saturated rings. The number of aromatic hydroxyl groups is 1. The summed E-state index contributed by atoms with van der Waals surface area (Å²) >= 11 is 20.5. The summed E-state index contributed by atoms with van der Waals surface area (Å²) in [6.07, 6.45) is 3.83. The summed E-state index contributed by atoms with van der Waals surface area (Å²) in [5, 5.41) is 10.6. The van der Waals surface area contributed by atoms with E-state index in [-0.39, 0.29) is 30.9 Å². The molecule has 0 spiro atoms. The van der Waals surface area contributed by atoms with Crippen molar-refractivity contribution in [2.45, 2.75) is 29.0 Å². The molecule has 0 aromatic heterocycles. The number of allylic oxidation sites excluding steroid dienone is 3. The number of fused-ring (bicyclic) bond motifs is 5. The molecule has 1 saturated carbocycles. The highest BCUT2D eigenvalue weighted by Crippen LogP contribution is 2.64. The van der Waals surface area contributed by atoms with Crippen molar-refractivity contribution < 1.29 is 29.0 Å². The summed E-state index contributed by atoms with van der Waals surface area (Å²) in [7, 11) is 1.35. The van der Waals surface area contributed by atoms with Gasteiger partial charge in [-0.25, -0.2) is 0 Å². The van der Waals surface area contributed by atoms with Crippen molar-refractivity contribution in [3.63, 3.8) is 0 Å². The van der Waals surface area contributed by atoms with Gasteiger partial charge in [0.25, 0.3) is 11.8 Å². The maximum absolute atomic E-state index is 14.0. The van der Waals surface area contributed by atoms with E-state index in [9.17, 15) is 24.3 Å². The van der Waals surface area contributed by atoms with Gasteiger partial charge in [-0.1, -0.05) is 23.3 Å². The molecule has 2 aliphatic carbocycles. The summed E-state index contributed by atoms with van der Waals surface area (Å²) in [5.74, 6) is -4.41. The number of hydrogen-bond acceptors (Lipinski definition) is 6. The van der Waals surface area contributed by atoms with E-state index in [2.05, 4.69) is 0 Å². The number of likely N-dealkylation sites (tertiary alicyclic amines) is 1. The second kappa shape index (κ2) is 8.84. The van der Waals surface area contributed by atoms with Crippen molar-refractivity contribution in [1.29, 1.82) is 0 Å². The molecular weight excluding hydrogens is 591 g/mol. The smallest absolute Gasteiger partial charge is 0.253 e. The Morgan fingerprint density at radius 2 is 1.71 bits per heavy atom. The Kier molecular flexibility index (Phi) is 5.72. The molecule has 4 amide bonds. The highest BCUT2D eigenvalue weighted by atomic mass is 35.5. The van der Waals surface area contributed by atoms with Gasteiger partial charge in [0.2, 0.25) is 11.8 Å². The van der Waals surface area contributed by atoms with E-state index in [0.717, 1.165) is 4.90 Å². The summed E-state index contributed by atoms with van der Waals surface area (Å²) in [5.41, 5.74) is 2.35. The van der Waals surface area contributed by atoms with Crippen molar-refractivity contribution in [2.24, 2.45) is 23.7 Å². The number of ether oxygens (including phenoxy) is 1. The molecule has 6 atom stereocenters. The van der Waals surface area contributed by atoms with Gasteiger partial charge in [-0.15, -0.1) is 23.2 Å². The fraction of sp³-hybridized carbons (Fsp3) is 0.333. The molecule has 3 aliphatic heterocycles. The standard InChI is InChI=1S/C30H23Cl3N2O6/c1-34-27(39)29(32)12-21-19(7-8-20-23(21)26(38)35(25(20)37)17-4-2-16(31)3-5-17)24(30(29,33)28(34)40)15-10-14-11-18(36)6-9-22(14)41-13-15/h2-7,9,11,13,20-21,23-24,36H,8,10,12H2,1H3/t20-,21+,23-,24-,29+,30-/m0/s1. The lowest BCUT2D eigenvalue weighted by Gasteiger charge is -2.51. The molecule has 0 bridgehead atoms. The predicted molar refractivity (Wildman–Crippen MR) is 151 cm³/mol. The van der Waals surface area contributed by atoms with E-state index in [1.807, 2.05) is 6.08 Å². The lowest BCUT2D eigenvalue weighted by atomic mass is 9.56. The average Bonchev–Trinajstić information content (AvgIpc) is 3.28. The number of imide groups is 2. The van der Waals surface area contributed by atoms with Crippen molar-refractivity contribution in [3.8, 4) is 11.5 Å². The molecule has 7 rings (SSSR count). The molecule has 2 aromatic rings. The normalized spacial score (nSPS) is 34.0. The molecule has 2 aromatic carbocycles. The van der Waals surface area contributed by atoms with Gasteiger partial charge < -0.3 is 9.84 Å². The Morgan fingerprint density at radius 3 is 2.44 bits per heavy atom. The van der Waals surface area contributed by atoms with Gasteiger partial charge in [-0.05, 0) is 66.8 Å². The summed E-state index contributed by atoms with van der Waals surface area (Å²) in [6.45, 7) is 0. The second-order valence-electron chi connectivity index (χ2n) is 11.3. The van der Waals surface area contributed by atoms with Crippen molar-refractivity contribution in [2.75, 3.05) is 11.9 Å². The third-order valence-corrected chi connectivity index (χ3v) is 10.9. The van der Waals surface area contributed by atoms with Crippen LogP contribution < -0.4 is 9.64 Å². The largest absolute Gasteiger partial charge is 0.508 e. The first-order valence-corrected chi connectivity index (χ1v) is 14.3. The third-order valence-electron chi connectivity index (χ3n) is 9.25. The number of nitrogens with zero attached hydrogens (tertiary/aromatic N) is 2. The van der Waals surface area contributed by atoms with E-state index >= 15 is 0 Å². The highest BCUT2D eigenvalue weighted by Gasteiger charge is 2.76. The Morgan fingerprint density at radius 1 is 0.976 bits per heavy atom. The SMILES string of the molecule is CN1C(=O)[C@]2(Cl)C[C@@H]3C(=CC[C@@H]4C(=O)N(c5ccc(Cl)cc5)C(=O)[C@@H]43)[C@H](C3=COc4ccc(O)cc4C3)[C@]2(Cl)C1=O. The Labute approximate surface area is 250 Å². The van der Waals surface area contributed by atoms with E-state index in [1.54, 1.807) is 36.4 Å². The molecule has 0 radical (unpaired) electrons. The molecule has 11 heteroatoms. The number of benzene rings is 2. The van der Waals surface area contributed by atoms with E-state index < -0.39 is 51.1 Å². The molecular formula is C30H23Cl3N2O6. The summed E-state index contributed by atoms with van der Waals surface area (Å²) < 4.78 is 5.90. The number of hydrogen-bond donors (Lipinski definition) is 1. The van der Waals surface area contributed by atoms with Crippen molar-refractivity contribution >= 4 is 64.1 Å². The number of rotatable bonds is 2. The van der Waals surface area contributed by atoms with E-state index in [4.69, 9.17) is 39.5 Å². The number of carbonyl (C=O) groups excluding carboxylic acids is 4. The third kappa shape index (κ3) is 3.41. The number of halogens is 3. The van der Waals surface area contributed by atoms with Crippen molar-refractivity contribution in [3.05, 3.63) is 76.5 Å². The topological polar surface area (TPSA) is 104 Å². The molecule has 1 N–H and O–H groups in total. The van der Waals surface area contributed by atoms with E-state index in [0.29, 0.717) is 33.2 Å². The van der Waals surface area contributed by atoms with Gasteiger partial charge in [0.1, 0.15) is 11.5 Å². The number of amides is 4. The van der Waals surface area contributed by atoms with Crippen LogP contribution in [0.1, 0.15) is 18.4 Å². The van der Waals surface area contributed by atoms with Crippen LogP contribution in [0.15, 0.2) is 65.9 Å². The second-order valence-corrected chi connectivity index (χ2v) is 12.9. The maximum atomic E-state index is 14.0. The molecule has 3 heterocycles. The number of phenolic OH excluding ortho intramolecular Hbond substituents is 1. The summed E-state index contributed by atoms with van der Waals surface area (Å²) in [4.78, 5) is 53.3. The predicted octanol–water partition coefficient (Wildman–Crippen LogP) is 4.59. The van der Waals surface area contributed by atoms with Crippen LogP contribution in [0.2, 0.25) is 5.02 Å². The Hall–Kier alpha value is -3.33. The highest BCUT2D eigenvalue weighted by molar-refractivity contribution is 6.53. The van der Waals surface area contributed by atoms with Gasteiger partial charge >= 0.3 is 0 Å². The monoisotopic (exact) mass is 612 g/mol. The number of carbonyl (C=O) groups is 4. The van der Waals surface area contributed by atoms with Crippen LogP contribution in [0.4, 0.5) is 5.69 Å². The minimum atomic E-state index is -1.89. The summed E-state index contributed by atoms with van der Waals surface area (Å²) in [6, 6.07) is 11.2. The Balaban J connectivity index is 1.36. The first-order valence-electron chi connectivity index (χ1n) is 13.2. The van der Waals surface area contributed by atoms with Gasteiger partial charge in [0, 0.05) is 30.0 Å². The van der Waals surface area contributed by atoms with Crippen LogP contribution in [-0.2, 0) is 25.6 Å². The van der Waals surface area contributed by atoms with Crippen LogP contribution in [-0.4, -0.2) is 50.4 Å². The van der Waals surface area contributed by atoms with Crippen LogP contribution in [0.25, 0.3) is 0 Å². The van der Waals surface area contributed by atoms with Crippen LogP contribution in [0, 0.1) is 23.7 Å². The molecule has 8 nitrogen and oxygen atoms in total. The van der Waals surface area contributed by atoms with Crippen LogP contribution in [0.3, 0.4) is 0 Å². The van der Waals surface area contributed by atoms with Crippen molar-refractivity contribution in [1.82, 2.24) is 4.90 Å². The number of anilines is 1. The number of alkyl halides is 2. The molecule has 0 unspecified atom stereocenters. The molecule has 41 heavy (non-hydrogen) atoms. The zero-order valence-electron chi connectivity index (χ0n) is 21.6. The average molecular weight is 614 g/mol. The minimum absolute atomic E-state index is 0.0475. The van der Waals surface area contributed by atoms with Gasteiger partial charge in [-0.3, -0.25) is 29.0 Å². The van der Waals surface area contributed by atoms with Gasteiger partial charge in [0.15, 0.2) is 9.75 Å². The zero-order valence-corrected chi connectivity index (χ0v) is 23.9. The fourth-order valence-electron chi connectivity index (χ4n) is 7.40. The zero-order chi connectivity index (χ0) is 29.0. The lowest BCUT2D eigenvalue weighted by Crippen LogP contribution is -2.61. The Bertz CT molecular complexity index is 1640. The van der Waals surface area contributed by atoms with Gasteiger partial charge in [0.05, 0.1) is 23.8 Å².